The van der Waals surface area contributed by atoms with Gasteiger partial charge in [-0.05, 0) is 36.6 Å². The second-order valence-electron chi connectivity index (χ2n) is 7.98. The number of anilines is 2. The van der Waals surface area contributed by atoms with E-state index in [1.54, 1.807) is 52.4 Å². The van der Waals surface area contributed by atoms with Gasteiger partial charge in [0.1, 0.15) is 4.21 Å². The minimum absolute atomic E-state index is 0.202. The minimum atomic E-state index is -3.78. The van der Waals surface area contributed by atoms with Gasteiger partial charge in [-0.2, -0.15) is 0 Å². The van der Waals surface area contributed by atoms with Crippen LogP contribution in [0, 0.1) is 0 Å². The van der Waals surface area contributed by atoms with E-state index in [1.807, 2.05) is 0 Å². The predicted molar refractivity (Wildman–Crippen MR) is 131 cm³/mol. The van der Waals surface area contributed by atoms with Crippen molar-refractivity contribution in [3.63, 3.8) is 0 Å². The number of thiophene rings is 1. The van der Waals surface area contributed by atoms with Crippen LogP contribution in [0.2, 0.25) is 0 Å². The van der Waals surface area contributed by atoms with E-state index < -0.39 is 10.0 Å². The molecule has 1 aromatic heterocycles. The normalized spacial score (nSPS) is 16.9. The molecule has 2 N–H and O–H groups in total. The molecule has 2 aliphatic rings. The average Bonchev–Trinajstić information content (AvgIpc) is 3.40. The predicted octanol–water partition coefficient (Wildman–Crippen LogP) is 1.87. The lowest BCUT2D eigenvalue weighted by atomic mass is 10.1. The highest BCUT2D eigenvalue weighted by Gasteiger charge is 2.27. The summed E-state index contributed by atoms with van der Waals surface area (Å²) in [6.45, 7) is 6.66. The van der Waals surface area contributed by atoms with E-state index in [2.05, 4.69) is 14.9 Å². The molecule has 12 heteroatoms. The van der Waals surface area contributed by atoms with E-state index >= 15 is 0 Å². The van der Waals surface area contributed by atoms with Crippen LogP contribution < -0.4 is 14.9 Å². The van der Waals surface area contributed by atoms with Crippen LogP contribution in [-0.4, -0.2) is 89.2 Å². The molecule has 0 aliphatic carbocycles. The van der Waals surface area contributed by atoms with Crippen LogP contribution in [0.25, 0.3) is 0 Å². The number of hydrogen-bond donors (Lipinski definition) is 2. The molecule has 2 fully saturated rings. The fraction of sp³-hybridized carbons (Fsp3) is 0.455. The SMILES string of the molecule is CCOC(=O)N1CCN(C(=O)c2ccc(N3CCNCC3)c(NS(=O)(=O)c3cccs3)c2)CC1. The number of piperazine rings is 2. The summed E-state index contributed by atoms with van der Waals surface area (Å²) in [6.07, 6.45) is -0.375. The summed E-state index contributed by atoms with van der Waals surface area (Å²) in [5, 5.41) is 5.00. The Bertz CT molecular complexity index is 1110. The first kappa shape index (κ1) is 24.3. The van der Waals surface area contributed by atoms with Gasteiger partial charge in [-0.1, -0.05) is 6.07 Å². The van der Waals surface area contributed by atoms with Crippen molar-refractivity contribution in [2.45, 2.75) is 11.1 Å². The van der Waals surface area contributed by atoms with Gasteiger partial charge in [-0.3, -0.25) is 9.52 Å². The summed E-state index contributed by atoms with van der Waals surface area (Å²) in [5.41, 5.74) is 1.52. The molecule has 2 aliphatic heterocycles. The number of carbonyl (C=O) groups is 2. The molecule has 1 aromatic carbocycles. The summed E-state index contributed by atoms with van der Waals surface area (Å²) in [7, 11) is -3.78. The zero-order valence-corrected chi connectivity index (χ0v) is 20.7. The molecule has 2 aromatic rings. The summed E-state index contributed by atoms with van der Waals surface area (Å²) < 4.78 is 33.9. The van der Waals surface area contributed by atoms with Crippen LogP contribution in [0.4, 0.5) is 16.2 Å². The van der Waals surface area contributed by atoms with Crippen molar-refractivity contribution in [1.29, 1.82) is 0 Å². The quantitative estimate of drug-likeness (QED) is 0.614. The lowest BCUT2D eigenvalue weighted by Gasteiger charge is -2.34. The van der Waals surface area contributed by atoms with Crippen molar-refractivity contribution in [2.75, 3.05) is 68.6 Å². The third-order valence-electron chi connectivity index (χ3n) is 5.80. The van der Waals surface area contributed by atoms with E-state index in [0.717, 1.165) is 43.2 Å². The first-order valence-corrected chi connectivity index (χ1v) is 13.6. The van der Waals surface area contributed by atoms with Gasteiger partial charge in [0.2, 0.25) is 0 Å². The molecule has 2 saturated heterocycles. The van der Waals surface area contributed by atoms with E-state index in [9.17, 15) is 18.0 Å². The molecule has 2 amide bonds. The summed E-state index contributed by atoms with van der Waals surface area (Å²) in [6, 6.07) is 8.39. The Morgan fingerprint density at radius 3 is 2.41 bits per heavy atom. The van der Waals surface area contributed by atoms with Crippen molar-refractivity contribution in [1.82, 2.24) is 15.1 Å². The molecule has 10 nitrogen and oxygen atoms in total. The van der Waals surface area contributed by atoms with Crippen LogP contribution in [0.1, 0.15) is 17.3 Å². The lowest BCUT2D eigenvalue weighted by molar-refractivity contribution is 0.0570. The number of carbonyl (C=O) groups excluding carboxylic acids is 2. The Kier molecular flexibility index (Phi) is 7.59. The fourth-order valence-corrected chi connectivity index (χ4v) is 6.09. The standard InChI is InChI=1S/C22H29N5O5S2/c1-2-32-22(29)27-13-11-26(12-14-27)21(28)17-5-6-19(25-9-7-23-8-10-25)18(16-17)24-34(30,31)20-4-3-15-33-20/h3-6,15-16,23-24H,2,7-14H2,1H3. The Morgan fingerprint density at radius 1 is 1.06 bits per heavy atom. The van der Waals surface area contributed by atoms with Crippen LogP contribution in [0.5, 0.6) is 0 Å². The van der Waals surface area contributed by atoms with Gasteiger partial charge in [0.05, 0.1) is 18.0 Å². The lowest BCUT2D eigenvalue weighted by Crippen LogP contribution is -2.50. The number of benzene rings is 1. The number of rotatable bonds is 6. The Balaban J connectivity index is 1.56. The fourth-order valence-electron chi connectivity index (χ4n) is 4.03. The van der Waals surface area contributed by atoms with Crippen molar-refractivity contribution in [3.8, 4) is 0 Å². The number of amides is 2. The maximum atomic E-state index is 13.2. The van der Waals surface area contributed by atoms with Crippen molar-refractivity contribution in [2.24, 2.45) is 0 Å². The molecule has 4 rings (SSSR count). The topological polar surface area (TPSA) is 111 Å². The van der Waals surface area contributed by atoms with Gasteiger partial charge >= 0.3 is 6.09 Å². The average molecular weight is 508 g/mol. The van der Waals surface area contributed by atoms with Gasteiger partial charge < -0.3 is 24.8 Å². The van der Waals surface area contributed by atoms with Gasteiger partial charge in [0, 0.05) is 57.9 Å². The maximum Gasteiger partial charge on any atom is 0.409 e. The van der Waals surface area contributed by atoms with E-state index in [4.69, 9.17) is 4.74 Å². The zero-order valence-electron chi connectivity index (χ0n) is 19.0. The number of nitrogens with zero attached hydrogens (tertiary/aromatic N) is 3. The molecule has 0 saturated carbocycles. The third kappa shape index (κ3) is 5.45. The Hall–Kier alpha value is -2.83. The summed E-state index contributed by atoms with van der Waals surface area (Å²) >= 11 is 1.14. The number of sulfonamides is 1. The van der Waals surface area contributed by atoms with Crippen LogP contribution >= 0.6 is 11.3 Å². The molecular weight excluding hydrogens is 478 g/mol. The highest BCUT2D eigenvalue weighted by molar-refractivity contribution is 7.94. The first-order valence-electron chi connectivity index (χ1n) is 11.3. The molecule has 34 heavy (non-hydrogen) atoms. The molecule has 184 valence electrons. The molecular formula is C22H29N5O5S2. The van der Waals surface area contributed by atoms with Crippen LogP contribution in [0.3, 0.4) is 0 Å². The molecule has 0 atom stereocenters. The maximum absolute atomic E-state index is 13.2. The number of nitrogens with one attached hydrogen (secondary N) is 2. The Labute approximate surface area is 203 Å². The number of hydrogen-bond acceptors (Lipinski definition) is 8. The van der Waals surface area contributed by atoms with Crippen molar-refractivity contribution >= 4 is 44.7 Å². The van der Waals surface area contributed by atoms with Crippen molar-refractivity contribution < 1.29 is 22.7 Å². The molecule has 0 bridgehead atoms. The van der Waals surface area contributed by atoms with E-state index in [1.165, 1.54) is 0 Å². The van der Waals surface area contributed by atoms with Gasteiger partial charge in [-0.25, -0.2) is 13.2 Å². The van der Waals surface area contributed by atoms with E-state index in [-0.39, 0.29) is 16.2 Å². The number of ether oxygens (including phenoxy) is 1. The smallest absolute Gasteiger partial charge is 0.409 e. The second kappa shape index (κ2) is 10.6. The highest BCUT2D eigenvalue weighted by Crippen LogP contribution is 2.31. The highest BCUT2D eigenvalue weighted by atomic mass is 32.2. The largest absolute Gasteiger partial charge is 0.450 e. The molecule has 3 heterocycles. The summed E-state index contributed by atoms with van der Waals surface area (Å²) in [4.78, 5) is 30.5. The summed E-state index contributed by atoms with van der Waals surface area (Å²) in [5.74, 6) is -0.202. The first-order chi connectivity index (χ1) is 16.4. The van der Waals surface area contributed by atoms with Gasteiger partial charge in [0.25, 0.3) is 15.9 Å². The van der Waals surface area contributed by atoms with Gasteiger partial charge in [0.15, 0.2) is 0 Å². The van der Waals surface area contributed by atoms with Gasteiger partial charge in [-0.15, -0.1) is 11.3 Å². The van der Waals surface area contributed by atoms with E-state index in [0.29, 0.717) is 44.0 Å². The zero-order chi connectivity index (χ0) is 24.1. The van der Waals surface area contributed by atoms with Crippen LogP contribution in [-0.2, 0) is 14.8 Å². The Morgan fingerprint density at radius 2 is 1.76 bits per heavy atom. The minimum Gasteiger partial charge on any atom is -0.450 e. The molecule has 0 spiro atoms. The van der Waals surface area contributed by atoms with Crippen molar-refractivity contribution in [3.05, 3.63) is 41.3 Å². The third-order valence-corrected chi connectivity index (χ3v) is 8.56. The molecule has 0 radical (unpaired) electrons. The van der Waals surface area contributed by atoms with Crippen LogP contribution in [0.15, 0.2) is 39.9 Å². The second-order valence-corrected chi connectivity index (χ2v) is 10.8. The monoisotopic (exact) mass is 507 g/mol. The molecule has 0 unspecified atom stereocenters.